The van der Waals surface area contributed by atoms with Gasteiger partial charge in [0.15, 0.2) is 0 Å². The largest absolute Gasteiger partial charge is 0.573 e. The predicted molar refractivity (Wildman–Crippen MR) is 51.9 cm³/mol. The predicted octanol–water partition coefficient (Wildman–Crippen LogP) is 3.58. The van der Waals surface area contributed by atoms with E-state index in [1.165, 1.54) is 12.1 Å². The van der Waals surface area contributed by atoms with Crippen LogP contribution in [0.2, 0.25) is 0 Å². The van der Waals surface area contributed by atoms with Gasteiger partial charge in [-0.2, -0.15) is 5.26 Å². The lowest BCUT2D eigenvalue weighted by Gasteiger charge is -2.12. The fraction of sp³-hybridized carbons (Fsp3) is 0.364. The Morgan fingerprint density at radius 2 is 1.94 bits per heavy atom. The second kappa shape index (κ2) is 4.44. The number of hydrogen-bond acceptors (Lipinski definition) is 2. The number of nitrogens with zero attached hydrogens (tertiary/aromatic N) is 1. The third-order valence-electron chi connectivity index (χ3n) is 2.00. The standard InChI is InChI=1S/C11H10F3NO/c1-7(2)10-5-9(16-11(12,13)14)4-3-8(10)6-15/h3-5,7H,1-2H3. The summed E-state index contributed by atoms with van der Waals surface area (Å²) in [6.07, 6.45) is -4.71. The lowest BCUT2D eigenvalue weighted by Crippen LogP contribution is -2.17. The van der Waals surface area contributed by atoms with E-state index in [-0.39, 0.29) is 11.7 Å². The van der Waals surface area contributed by atoms with Crippen molar-refractivity contribution < 1.29 is 17.9 Å². The lowest BCUT2D eigenvalue weighted by molar-refractivity contribution is -0.274. The second-order valence-electron chi connectivity index (χ2n) is 3.56. The summed E-state index contributed by atoms with van der Waals surface area (Å²) < 4.78 is 39.7. The molecule has 2 nitrogen and oxygen atoms in total. The molecule has 0 fully saturated rings. The molecule has 86 valence electrons. The van der Waals surface area contributed by atoms with Crippen LogP contribution in [-0.2, 0) is 0 Å². The van der Waals surface area contributed by atoms with Gasteiger partial charge >= 0.3 is 6.36 Å². The first-order valence-corrected chi connectivity index (χ1v) is 4.63. The van der Waals surface area contributed by atoms with E-state index >= 15 is 0 Å². The first kappa shape index (κ1) is 12.4. The Hall–Kier alpha value is -1.70. The van der Waals surface area contributed by atoms with Crippen LogP contribution in [0.5, 0.6) is 5.75 Å². The smallest absolute Gasteiger partial charge is 0.406 e. The average molecular weight is 229 g/mol. The van der Waals surface area contributed by atoms with Gasteiger partial charge < -0.3 is 4.74 Å². The molecule has 0 saturated carbocycles. The number of hydrogen-bond donors (Lipinski definition) is 0. The highest BCUT2D eigenvalue weighted by molar-refractivity contribution is 5.44. The van der Waals surface area contributed by atoms with Crippen molar-refractivity contribution in [2.75, 3.05) is 0 Å². The Balaban J connectivity index is 3.09. The number of alkyl halides is 3. The van der Waals surface area contributed by atoms with Crippen molar-refractivity contribution in [3.05, 3.63) is 29.3 Å². The summed E-state index contributed by atoms with van der Waals surface area (Å²) in [7, 11) is 0. The van der Waals surface area contributed by atoms with Crippen molar-refractivity contribution in [2.24, 2.45) is 0 Å². The van der Waals surface area contributed by atoms with Crippen LogP contribution in [0.1, 0.15) is 30.9 Å². The minimum Gasteiger partial charge on any atom is -0.406 e. The molecule has 0 unspecified atom stereocenters. The SMILES string of the molecule is CC(C)c1cc(OC(F)(F)F)ccc1C#N. The molecule has 1 rings (SSSR count). The van der Waals surface area contributed by atoms with Gasteiger partial charge in [-0.15, -0.1) is 13.2 Å². The van der Waals surface area contributed by atoms with Crippen molar-refractivity contribution in [1.82, 2.24) is 0 Å². The summed E-state index contributed by atoms with van der Waals surface area (Å²) in [5.41, 5.74) is 0.911. The molecule has 0 aliphatic carbocycles. The third-order valence-corrected chi connectivity index (χ3v) is 2.00. The van der Waals surface area contributed by atoms with E-state index in [4.69, 9.17) is 5.26 Å². The molecule has 0 spiro atoms. The zero-order valence-corrected chi connectivity index (χ0v) is 8.80. The average Bonchev–Trinajstić information content (AvgIpc) is 2.15. The highest BCUT2D eigenvalue weighted by atomic mass is 19.4. The number of ether oxygens (including phenoxy) is 1. The van der Waals surface area contributed by atoms with E-state index in [0.29, 0.717) is 11.1 Å². The number of rotatable bonds is 2. The van der Waals surface area contributed by atoms with Gasteiger partial charge in [-0.3, -0.25) is 0 Å². The molecular formula is C11H10F3NO. The molecule has 0 saturated heterocycles. The van der Waals surface area contributed by atoms with Gasteiger partial charge in [-0.05, 0) is 29.7 Å². The van der Waals surface area contributed by atoms with Crippen LogP contribution < -0.4 is 4.74 Å². The van der Waals surface area contributed by atoms with Crippen LogP contribution in [0.3, 0.4) is 0 Å². The maximum atomic E-state index is 12.0. The minimum atomic E-state index is -4.71. The first-order valence-electron chi connectivity index (χ1n) is 4.63. The molecule has 0 atom stereocenters. The summed E-state index contributed by atoms with van der Waals surface area (Å²) in [6.45, 7) is 3.60. The van der Waals surface area contributed by atoms with Gasteiger partial charge in [-0.25, -0.2) is 0 Å². The molecule has 0 radical (unpaired) electrons. The summed E-state index contributed by atoms with van der Waals surface area (Å²) >= 11 is 0. The monoisotopic (exact) mass is 229 g/mol. The highest BCUT2D eigenvalue weighted by Crippen LogP contribution is 2.28. The summed E-state index contributed by atoms with van der Waals surface area (Å²) in [5, 5.41) is 8.78. The third kappa shape index (κ3) is 3.16. The van der Waals surface area contributed by atoms with Crippen molar-refractivity contribution in [3.63, 3.8) is 0 Å². The van der Waals surface area contributed by atoms with E-state index in [0.717, 1.165) is 6.07 Å². The number of nitriles is 1. The van der Waals surface area contributed by atoms with E-state index < -0.39 is 6.36 Å². The maximum Gasteiger partial charge on any atom is 0.573 e. The van der Waals surface area contributed by atoms with Crippen LogP contribution >= 0.6 is 0 Å². The molecule has 0 amide bonds. The van der Waals surface area contributed by atoms with Gasteiger partial charge in [0.1, 0.15) is 5.75 Å². The van der Waals surface area contributed by atoms with Gasteiger partial charge in [-0.1, -0.05) is 13.8 Å². The molecule has 0 aliphatic rings. The van der Waals surface area contributed by atoms with Crippen molar-refractivity contribution in [1.29, 1.82) is 5.26 Å². The Kier molecular flexibility index (Phi) is 3.43. The normalized spacial score (nSPS) is 11.3. The van der Waals surface area contributed by atoms with Crippen molar-refractivity contribution in [2.45, 2.75) is 26.1 Å². The van der Waals surface area contributed by atoms with Gasteiger partial charge in [0, 0.05) is 0 Å². The topological polar surface area (TPSA) is 33.0 Å². The maximum absolute atomic E-state index is 12.0. The Morgan fingerprint density at radius 1 is 1.31 bits per heavy atom. The Morgan fingerprint density at radius 3 is 2.38 bits per heavy atom. The zero-order chi connectivity index (χ0) is 12.3. The van der Waals surface area contributed by atoms with E-state index in [9.17, 15) is 13.2 Å². The molecule has 0 N–H and O–H groups in total. The summed E-state index contributed by atoms with van der Waals surface area (Å²) in [4.78, 5) is 0. The van der Waals surface area contributed by atoms with Crippen LogP contribution in [0.4, 0.5) is 13.2 Å². The van der Waals surface area contributed by atoms with Gasteiger partial charge in [0.25, 0.3) is 0 Å². The molecule has 0 aliphatic heterocycles. The molecule has 0 bridgehead atoms. The first-order chi connectivity index (χ1) is 7.33. The van der Waals surface area contributed by atoms with Crippen LogP contribution in [-0.4, -0.2) is 6.36 Å². The lowest BCUT2D eigenvalue weighted by atomic mass is 9.98. The minimum absolute atomic E-state index is 0.0357. The fourth-order valence-corrected chi connectivity index (χ4v) is 1.32. The van der Waals surface area contributed by atoms with Crippen LogP contribution in [0.25, 0.3) is 0 Å². The molecule has 1 aromatic rings. The van der Waals surface area contributed by atoms with Gasteiger partial charge in [0.2, 0.25) is 0 Å². The fourth-order valence-electron chi connectivity index (χ4n) is 1.32. The Labute approximate surface area is 91.3 Å². The van der Waals surface area contributed by atoms with Crippen LogP contribution in [0, 0.1) is 11.3 Å². The van der Waals surface area contributed by atoms with Crippen LogP contribution in [0.15, 0.2) is 18.2 Å². The molecule has 0 heterocycles. The number of halogens is 3. The van der Waals surface area contributed by atoms with E-state index in [1.807, 2.05) is 6.07 Å². The highest BCUT2D eigenvalue weighted by Gasteiger charge is 2.31. The zero-order valence-electron chi connectivity index (χ0n) is 8.80. The quantitative estimate of drug-likeness (QED) is 0.776. The van der Waals surface area contributed by atoms with Crippen molar-refractivity contribution >= 4 is 0 Å². The molecule has 1 aromatic carbocycles. The number of benzene rings is 1. The molecular weight excluding hydrogens is 219 g/mol. The second-order valence-corrected chi connectivity index (χ2v) is 3.56. The Bertz CT molecular complexity index is 418. The van der Waals surface area contributed by atoms with Crippen molar-refractivity contribution in [3.8, 4) is 11.8 Å². The van der Waals surface area contributed by atoms with Gasteiger partial charge in [0.05, 0.1) is 11.6 Å². The summed E-state index contributed by atoms with van der Waals surface area (Å²) in [5.74, 6) is -0.332. The molecule has 16 heavy (non-hydrogen) atoms. The van der Waals surface area contributed by atoms with E-state index in [1.54, 1.807) is 13.8 Å². The summed E-state index contributed by atoms with van der Waals surface area (Å²) in [6, 6.07) is 5.64. The molecule has 5 heteroatoms. The molecule has 0 aromatic heterocycles. The van der Waals surface area contributed by atoms with E-state index in [2.05, 4.69) is 4.74 Å².